The van der Waals surface area contributed by atoms with Crippen molar-refractivity contribution in [3.8, 4) is 22.4 Å². The highest BCUT2D eigenvalue weighted by atomic mass is 35.5. The fourth-order valence-corrected chi connectivity index (χ4v) is 6.52. The van der Waals surface area contributed by atoms with Crippen LogP contribution in [0.15, 0.2) is 42.7 Å². The number of hydrogen-bond donors (Lipinski definition) is 4. The molecule has 1 saturated heterocycles. The van der Waals surface area contributed by atoms with Crippen LogP contribution in [0.2, 0.25) is 5.02 Å². The summed E-state index contributed by atoms with van der Waals surface area (Å²) in [6, 6.07) is 7.35. The van der Waals surface area contributed by atoms with Gasteiger partial charge >= 0.3 is 0 Å². The molecule has 1 fully saturated rings. The molecule has 1 aliphatic heterocycles. The van der Waals surface area contributed by atoms with Crippen molar-refractivity contribution in [2.45, 2.75) is 38.8 Å². The van der Waals surface area contributed by atoms with Crippen molar-refractivity contribution in [1.82, 2.24) is 29.1 Å². The Bertz CT molecular complexity index is 2010. The van der Waals surface area contributed by atoms with Gasteiger partial charge in [0.1, 0.15) is 12.6 Å². The van der Waals surface area contributed by atoms with E-state index < -0.39 is 23.6 Å². The van der Waals surface area contributed by atoms with Crippen LogP contribution in [0.1, 0.15) is 45.9 Å². The summed E-state index contributed by atoms with van der Waals surface area (Å²) >= 11 is 6.49. The zero-order chi connectivity index (χ0) is 41.1. The number of aromatic nitrogens is 4. The maximum Gasteiger partial charge on any atom is 0.292 e. The number of benzene rings is 2. The summed E-state index contributed by atoms with van der Waals surface area (Å²) in [4.78, 5) is 56.7. The molecule has 1 aliphatic rings. The van der Waals surface area contributed by atoms with Crippen molar-refractivity contribution in [2.75, 3.05) is 65.9 Å². The number of halogens is 3. The lowest BCUT2D eigenvalue weighted by Gasteiger charge is -2.35. The summed E-state index contributed by atoms with van der Waals surface area (Å²) < 4.78 is 37.7. The normalized spacial score (nSPS) is 13.3. The Morgan fingerprint density at radius 2 is 1.70 bits per heavy atom. The quantitative estimate of drug-likeness (QED) is 0.139. The topological polar surface area (TPSA) is 177 Å². The Balaban J connectivity index is 0.00000166. The van der Waals surface area contributed by atoms with E-state index in [0.717, 1.165) is 4.90 Å². The number of carbonyl (C=O) groups excluding carboxylic acids is 4. The SMILES string of the molecule is COC=O.Cc1nn(CCCO)cc1-c1ccc(-c2cnc(C(=O)Nc3ccc(C(=O)N4CCN(C(=O)CC[C@@H](O)C[NH+](C)C)CC4)c(Cl)c3)n2C)c(F)c1F. The highest BCUT2D eigenvalue weighted by molar-refractivity contribution is 6.34. The van der Waals surface area contributed by atoms with Gasteiger partial charge in [0.25, 0.3) is 18.3 Å². The van der Waals surface area contributed by atoms with Gasteiger partial charge in [-0.25, -0.2) is 13.8 Å². The molecule has 0 spiro atoms. The number of imidazole rings is 1. The van der Waals surface area contributed by atoms with Crippen molar-refractivity contribution < 1.29 is 47.8 Å². The van der Waals surface area contributed by atoms with E-state index in [-0.39, 0.29) is 58.1 Å². The van der Waals surface area contributed by atoms with Gasteiger partial charge < -0.3 is 39.5 Å². The summed E-state index contributed by atoms with van der Waals surface area (Å²) in [5.74, 6) is -3.24. The van der Waals surface area contributed by atoms with Crippen molar-refractivity contribution in [2.24, 2.45) is 7.05 Å². The lowest BCUT2D eigenvalue weighted by molar-refractivity contribution is -0.861. The molecule has 2 aromatic carbocycles. The van der Waals surface area contributed by atoms with Crippen LogP contribution < -0.4 is 10.2 Å². The van der Waals surface area contributed by atoms with Gasteiger partial charge in [-0.3, -0.25) is 23.9 Å². The first-order valence-electron chi connectivity index (χ1n) is 18.0. The molecule has 0 saturated carbocycles. The number of nitrogens with zero attached hydrogens (tertiary/aromatic N) is 6. The van der Waals surface area contributed by atoms with E-state index >= 15 is 8.78 Å². The first-order valence-corrected chi connectivity index (χ1v) is 18.3. The van der Waals surface area contributed by atoms with Gasteiger partial charge in [0, 0.05) is 81.4 Å². The van der Waals surface area contributed by atoms with Crippen LogP contribution in [-0.4, -0.2) is 130 Å². The van der Waals surface area contributed by atoms with Crippen LogP contribution in [-0.2, 0) is 27.9 Å². The standard InChI is InChI=1S/C36H43ClF2N8O5.C2H4O2/c1-22-28(21-47(42-22)12-5-17-48)25-9-10-27(33(39)32(25)38)30-19-40-34(44(30)4)35(51)41-23-6-8-26(29(37)18-23)36(52)46-15-13-45(14-16-46)31(50)11-7-24(49)20-43(2)3;1-4-2-3/h6,8-10,18-19,21,24,48-49H,5,7,11-17,20H2,1-4H3,(H,41,51);2H,1H3/p+1/t24-;/m1./s1. The third-order valence-corrected chi connectivity index (χ3v) is 9.45. The van der Waals surface area contributed by atoms with Crippen LogP contribution in [0.5, 0.6) is 0 Å². The zero-order valence-corrected chi connectivity index (χ0v) is 32.8. The van der Waals surface area contributed by atoms with Crippen LogP contribution in [0.4, 0.5) is 14.5 Å². The lowest BCUT2D eigenvalue weighted by Crippen LogP contribution is -3.07. The largest absolute Gasteiger partial charge is 0.471 e. The summed E-state index contributed by atoms with van der Waals surface area (Å²) in [7, 11) is 6.70. The van der Waals surface area contributed by atoms with Gasteiger partial charge in [-0.1, -0.05) is 17.7 Å². The number of methoxy groups -OCH3 is 1. The van der Waals surface area contributed by atoms with Gasteiger partial charge in [0.2, 0.25) is 5.91 Å². The number of ether oxygens (including phenoxy) is 1. The molecular formula is C38H48ClF2N8O7+. The minimum atomic E-state index is -1.11. The Morgan fingerprint density at radius 3 is 2.32 bits per heavy atom. The maximum absolute atomic E-state index is 15.5. The van der Waals surface area contributed by atoms with Crippen molar-refractivity contribution in [3.63, 3.8) is 0 Å². The van der Waals surface area contributed by atoms with Gasteiger partial charge in [-0.2, -0.15) is 5.10 Å². The zero-order valence-electron chi connectivity index (χ0n) is 32.0. The third kappa shape index (κ3) is 10.7. The number of aliphatic hydroxyl groups excluding tert-OH is 2. The highest BCUT2D eigenvalue weighted by Crippen LogP contribution is 2.33. The number of piperazine rings is 1. The van der Waals surface area contributed by atoms with E-state index in [1.165, 1.54) is 55.3 Å². The van der Waals surface area contributed by atoms with Crippen molar-refractivity contribution in [1.29, 1.82) is 0 Å². The van der Waals surface area contributed by atoms with Gasteiger partial charge in [0.05, 0.1) is 49.4 Å². The Labute approximate surface area is 328 Å². The fourth-order valence-electron chi connectivity index (χ4n) is 6.26. The van der Waals surface area contributed by atoms with E-state index in [1.54, 1.807) is 27.6 Å². The molecule has 56 heavy (non-hydrogen) atoms. The molecule has 2 aromatic heterocycles. The smallest absolute Gasteiger partial charge is 0.292 e. The van der Waals surface area contributed by atoms with Crippen LogP contribution in [0.25, 0.3) is 22.4 Å². The van der Waals surface area contributed by atoms with Gasteiger partial charge in [-0.05, 0) is 44.0 Å². The third-order valence-electron chi connectivity index (χ3n) is 9.14. The Morgan fingerprint density at radius 1 is 1.05 bits per heavy atom. The minimum Gasteiger partial charge on any atom is -0.471 e. The van der Waals surface area contributed by atoms with Crippen LogP contribution in [0.3, 0.4) is 0 Å². The number of carbonyl (C=O) groups is 4. The second-order valence-corrected chi connectivity index (χ2v) is 13.9. The number of aliphatic hydroxyl groups is 2. The predicted molar refractivity (Wildman–Crippen MR) is 204 cm³/mol. The molecule has 0 aliphatic carbocycles. The summed E-state index contributed by atoms with van der Waals surface area (Å²) in [5.41, 5.74) is 1.59. The number of aryl methyl sites for hydroxylation is 2. The number of quaternary nitrogens is 1. The molecular weight excluding hydrogens is 754 g/mol. The minimum absolute atomic E-state index is 0.0191. The van der Waals surface area contributed by atoms with Gasteiger partial charge in [0.15, 0.2) is 17.5 Å². The summed E-state index contributed by atoms with van der Waals surface area (Å²) in [5, 5.41) is 26.3. The second kappa shape index (κ2) is 20.1. The molecule has 1 atom stereocenters. The molecule has 3 heterocycles. The molecule has 5 rings (SSSR count). The number of nitrogens with one attached hydrogen (secondary N) is 2. The number of amides is 3. The molecule has 3 amide bonds. The molecule has 0 unspecified atom stereocenters. The second-order valence-electron chi connectivity index (χ2n) is 13.5. The maximum atomic E-state index is 15.5. The Kier molecular flexibility index (Phi) is 15.6. The number of likely N-dealkylation sites (N-methyl/N-ethyl adjacent to an activating group) is 1. The molecule has 4 aromatic rings. The van der Waals surface area contributed by atoms with E-state index in [2.05, 4.69) is 20.1 Å². The fraction of sp³-hybridized carbons (Fsp3) is 0.421. The van der Waals surface area contributed by atoms with Crippen molar-refractivity contribution in [3.05, 3.63) is 76.5 Å². The monoisotopic (exact) mass is 801 g/mol. The van der Waals surface area contributed by atoms with Crippen molar-refractivity contribution >= 4 is 41.5 Å². The van der Waals surface area contributed by atoms with Gasteiger partial charge in [-0.15, -0.1) is 0 Å². The van der Waals surface area contributed by atoms with E-state index in [4.69, 9.17) is 21.5 Å². The summed E-state index contributed by atoms with van der Waals surface area (Å²) in [6.07, 6.45) is 3.44. The van der Waals surface area contributed by atoms with Crippen LogP contribution in [0, 0.1) is 18.6 Å². The molecule has 15 nitrogen and oxygen atoms in total. The first kappa shape index (κ1) is 43.5. The first-order chi connectivity index (χ1) is 26.7. The molecule has 0 radical (unpaired) electrons. The van der Waals surface area contributed by atoms with E-state index in [9.17, 15) is 19.5 Å². The molecule has 302 valence electrons. The number of rotatable bonds is 14. The van der Waals surface area contributed by atoms with E-state index in [1.807, 2.05) is 14.1 Å². The number of hydrogen-bond acceptors (Lipinski definition) is 9. The molecule has 0 bridgehead atoms. The molecule has 18 heteroatoms. The van der Waals surface area contributed by atoms with E-state index in [0.29, 0.717) is 75.5 Å². The summed E-state index contributed by atoms with van der Waals surface area (Å²) in [6.45, 7) is 4.44. The average molecular weight is 802 g/mol. The molecule has 4 N–H and O–H groups in total. The number of anilines is 1. The van der Waals surface area contributed by atoms with Crippen LogP contribution >= 0.6 is 11.6 Å². The average Bonchev–Trinajstić information content (AvgIpc) is 3.74. The highest BCUT2D eigenvalue weighted by Gasteiger charge is 2.27. The predicted octanol–water partition coefficient (Wildman–Crippen LogP) is 2.18. The lowest BCUT2D eigenvalue weighted by atomic mass is 10.0. The Hall–Kier alpha value is -5.23.